The van der Waals surface area contributed by atoms with Crippen molar-refractivity contribution in [3.05, 3.63) is 40.2 Å². The molecule has 1 saturated heterocycles. The number of hydrogen-bond acceptors (Lipinski definition) is 5. The zero-order valence-electron chi connectivity index (χ0n) is 16.0. The molecule has 1 aromatic heterocycles. The smallest absolute Gasteiger partial charge is 0.271 e. The highest BCUT2D eigenvalue weighted by Gasteiger charge is 2.31. The van der Waals surface area contributed by atoms with Gasteiger partial charge in [-0.15, -0.1) is 0 Å². The van der Waals surface area contributed by atoms with Crippen molar-refractivity contribution < 1.29 is 18.0 Å². The zero-order chi connectivity index (χ0) is 21.3. The van der Waals surface area contributed by atoms with E-state index in [0.717, 1.165) is 12.8 Å². The molecule has 1 aliphatic rings. The Labute approximate surface area is 173 Å². The molecular formula is C18H22ClN5O4S. The molecule has 2 heterocycles. The summed E-state index contributed by atoms with van der Waals surface area (Å²) in [5, 5.41) is 8.94. The van der Waals surface area contributed by atoms with Gasteiger partial charge in [0.15, 0.2) is 5.69 Å². The van der Waals surface area contributed by atoms with Gasteiger partial charge in [-0.3, -0.25) is 14.7 Å². The lowest BCUT2D eigenvalue weighted by atomic mass is 10.0. The van der Waals surface area contributed by atoms with Crippen LogP contribution in [0.4, 0.5) is 5.69 Å². The van der Waals surface area contributed by atoms with Crippen molar-refractivity contribution >= 4 is 39.1 Å². The van der Waals surface area contributed by atoms with E-state index in [1.54, 1.807) is 6.92 Å². The maximum atomic E-state index is 13.1. The summed E-state index contributed by atoms with van der Waals surface area (Å²) in [6.45, 7) is 4.43. The Morgan fingerprint density at radius 1 is 1.38 bits per heavy atom. The molecule has 1 aliphatic heterocycles. The predicted octanol–water partition coefficient (Wildman–Crippen LogP) is 2.14. The number of piperidine rings is 1. The number of nitrogens with zero attached hydrogens (tertiary/aromatic N) is 2. The van der Waals surface area contributed by atoms with Crippen molar-refractivity contribution in [3.63, 3.8) is 0 Å². The van der Waals surface area contributed by atoms with Crippen molar-refractivity contribution in [2.45, 2.75) is 31.6 Å². The monoisotopic (exact) mass is 439 g/mol. The molecule has 3 rings (SSSR count). The van der Waals surface area contributed by atoms with Gasteiger partial charge in [0.1, 0.15) is 4.90 Å². The number of hydrogen-bond donors (Lipinski definition) is 3. The van der Waals surface area contributed by atoms with Crippen LogP contribution in [0.2, 0.25) is 5.02 Å². The largest absolute Gasteiger partial charge is 0.364 e. The number of amides is 2. The van der Waals surface area contributed by atoms with E-state index in [-0.39, 0.29) is 32.8 Å². The van der Waals surface area contributed by atoms with Crippen LogP contribution < -0.4 is 11.1 Å². The lowest BCUT2D eigenvalue weighted by Gasteiger charge is -2.30. The van der Waals surface area contributed by atoms with Crippen LogP contribution in [0.5, 0.6) is 0 Å². The number of rotatable bonds is 5. The molecule has 0 saturated carbocycles. The van der Waals surface area contributed by atoms with Crippen molar-refractivity contribution in [3.8, 4) is 0 Å². The summed E-state index contributed by atoms with van der Waals surface area (Å²) < 4.78 is 27.6. The molecule has 4 N–H and O–H groups in total. The van der Waals surface area contributed by atoms with Gasteiger partial charge in [-0.2, -0.15) is 9.40 Å². The summed E-state index contributed by atoms with van der Waals surface area (Å²) in [6, 6.07) is 4.02. The first-order valence-corrected chi connectivity index (χ1v) is 10.9. The minimum absolute atomic E-state index is 0.0390. The van der Waals surface area contributed by atoms with Crippen LogP contribution in [0, 0.1) is 12.8 Å². The van der Waals surface area contributed by atoms with E-state index in [9.17, 15) is 18.0 Å². The van der Waals surface area contributed by atoms with Crippen LogP contribution in [0.1, 0.15) is 46.3 Å². The fourth-order valence-electron chi connectivity index (χ4n) is 3.29. The second-order valence-corrected chi connectivity index (χ2v) is 9.46. The lowest BCUT2D eigenvalue weighted by Crippen LogP contribution is -2.39. The van der Waals surface area contributed by atoms with Crippen LogP contribution in [-0.4, -0.2) is 47.8 Å². The molecule has 9 nitrogen and oxygen atoms in total. The summed E-state index contributed by atoms with van der Waals surface area (Å²) in [6.07, 6.45) is 1.74. The van der Waals surface area contributed by atoms with Crippen molar-refractivity contribution in [2.24, 2.45) is 11.7 Å². The minimum atomic E-state index is -3.84. The van der Waals surface area contributed by atoms with Gasteiger partial charge in [-0.1, -0.05) is 18.5 Å². The fraction of sp³-hybridized carbons (Fsp3) is 0.389. The first-order chi connectivity index (χ1) is 13.6. The normalized spacial score (nSPS) is 17.8. The molecule has 0 spiro atoms. The van der Waals surface area contributed by atoms with E-state index in [1.807, 2.05) is 6.92 Å². The molecular weight excluding hydrogens is 418 g/mol. The zero-order valence-corrected chi connectivity index (χ0v) is 17.6. The van der Waals surface area contributed by atoms with Crippen molar-refractivity contribution in [1.82, 2.24) is 14.5 Å². The summed E-state index contributed by atoms with van der Waals surface area (Å²) >= 11 is 6.16. The number of primary amides is 1. The highest BCUT2D eigenvalue weighted by molar-refractivity contribution is 7.89. The Morgan fingerprint density at radius 2 is 2.10 bits per heavy atom. The van der Waals surface area contributed by atoms with E-state index in [4.69, 9.17) is 17.3 Å². The van der Waals surface area contributed by atoms with Gasteiger partial charge < -0.3 is 11.1 Å². The number of nitrogens with one attached hydrogen (secondary N) is 2. The van der Waals surface area contributed by atoms with Gasteiger partial charge in [0.05, 0.1) is 16.4 Å². The van der Waals surface area contributed by atoms with E-state index in [0.29, 0.717) is 18.8 Å². The number of carbonyl (C=O) groups is 2. The number of carbonyl (C=O) groups excluding carboxylic acids is 2. The predicted molar refractivity (Wildman–Crippen MR) is 108 cm³/mol. The summed E-state index contributed by atoms with van der Waals surface area (Å²) in [5.41, 5.74) is 5.81. The topological polar surface area (TPSA) is 138 Å². The van der Waals surface area contributed by atoms with Gasteiger partial charge in [0.25, 0.3) is 11.8 Å². The number of sulfonamides is 1. The summed E-state index contributed by atoms with van der Waals surface area (Å²) in [5.74, 6) is -1.17. The number of anilines is 1. The van der Waals surface area contributed by atoms with E-state index in [1.165, 1.54) is 22.5 Å². The second kappa shape index (κ2) is 8.13. The molecule has 156 valence electrons. The van der Waals surface area contributed by atoms with Gasteiger partial charge in [0.2, 0.25) is 10.0 Å². The molecule has 11 heteroatoms. The number of halogens is 1. The first-order valence-electron chi connectivity index (χ1n) is 9.07. The third-order valence-corrected chi connectivity index (χ3v) is 7.20. The molecule has 2 aromatic rings. The Hall–Kier alpha value is -2.43. The van der Waals surface area contributed by atoms with E-state index in [2.05, 4.69) is 15.5 Å². The number of aryl methyl sites for hydroxylation is 1. The van der Waals surface area contributed by atoms with Crippen LogP contribution >= 0.6 is 11.6 Å². The van der Waals surface area contributed by atoms with Crippen LogP contribution in [0.3, 0.4) is 0 Å². The maximum absolute atomic E-state index is 13.1. The number of H-pyrrole nitrogens is 1. The third-order valence-electron chi connectivity index (χ3n) is 4.85. The molecule has 0 radical (unpaired) electrons. The molecule has 0 bridgehead atoms. The van der Waals surface area contributed by atoms with Crippen LogP contribution in [0.25, 0.3) is 0 Å². The highest BCUT2D eigenvalue weighted by atomic mass is 35.5. The maximum Gasteiger partial charge on any atom is 0.271 e. The molecule has 1 aromatic carbocycles. The average Bonchev–Trinajstić information content (AvgIpc) is 3.02. The number of benzene rings is 1. The molecule has 1 unspecified atom stereocenters. The number of aromatic amines is 1. The van der Waals surface area contributed by atoms with E-state index < -0.39 is 21.8 Å². The number of aromatic nitrogens is 2. The van der Waals surface area contributed by atoms with Crippen LogP contribution in [-0.2, 0) is 10.0 Å². The quantitative estimate of drug-likeness (QED) is 0.655. The summed E-state index contributed by atoms with van der Waals surface area (Å²) in [4.78, 5) is 24.0. The molecule has 1 atom stereocenters. The Bertz CT molecular complexity index is 1070. The molecule has 2 amide bonds. The summed E-state index contributed by atoms with van der Waals surface area (Å²) in [7, 11) is -3.84. The highest BCUT2D eigenvalue weighted by Crippen LogP contribution is 2.29. The Kier molecular flexibility index (Phi) is 5.97. The van der Waals surface area contributed by atoms with E-state index >= 15 is 0 Å². The first kappa shape index (κ1) is 21.3. The Morgan fingerprint density at radius 3 is 2.76 bits per heavy atom. The van der Waals surface area contributed by atoms with Crippen molar-refractivity contribution in [2.75, 3.05) is 18.4 Å². The van der Waals surface area contributed by atoms with Gasteiger partial charge >= 0.3 is 0 Å². The fourth-order valence-corrected chi connectivity index (χ4v) is 5.39. The van der Waals surface area contributed by atoms with Gasteiger partial charge in [-0.05, 0) is 43.9 Å². The molecule has 0 aliphatic carbocycles. The standard InChI is InChI=1S/C18H22ClN5O4S/c1-10-4-3-7-24(9-10)29(27,28)14-8-12(5-6-13(14)19)18(26)21-15-11(2)22-23-16(15)17(20)25/h5-6,8,10H,3-4,7,9H2,1-2H3,(H2,20,25)(H,21,26)(H,22,23). The number of nitrogens with two attached hydrogens (primary N) is 1. The van der Waals surface area contributed by atoms with Crippen molar-refractivity contribution in [1.29, 1.82) is 0 Å². The van der Waals surface area contributed by atoms with Gasteiger partial charge in [0, 0.05) is 18.7 Å². The molecule has 29 heavy (non-hydrogen) atoms. The average molecular weight is 440 g/mol. The van der Waals surface area contributed by atoms with Crippen LogP contribution in [0.15, 0.2) is 23.1 Å². The second-order valence-electron chi connectivity index (χ2n) is 7.15. The molecule has 1 fully saturated rings. The minimum Gasteiger partial charge on any atom is -0.364 e. The Balaban J connectivity index is 1.92. The lowest BCUT2D eigenvalue weighted by molar-refractivity contribution is 0.0996. The third kappa shape index (κ3) is 4.29. The van der Waals surface area contributed by atoms with Gasteiger partial charge in [-0.25, -0.2) is 8.42 Å². The SMILES string of the molecule is Cc1[nH]nc(C(N)=O)c1NC(=O)c1ccc(Cl)c(S(=O)(=O)N2CCCC(C)C2)c1.